The number of aromatic nitrogens is 1. The van der Waals surface area contributed by atoms with E-state index in [1.54, 1.807) is 0 Å². The predicted molar refractivity (Wildman–Crippen MR) is 71.9 cm³/mol. The molecular weight excluding hydrogens is 315 g/mol. The molecule has 1 amide bonds. The van der Waals surface area contributed by atoms with Crippen molar-refractivity contribution in [2.45, 2.75) is 38.0 Å². The summed E-state index contributed by atoms with van der Waals surface area (Å²) in [5.41, 5.74) is -0.905. The summed E-state index contributed by atoms with van der Waals surface area (Å²) in [6.45, 7) is 0.839. The quantitative estimate of drug-likeness (QED) is 0.895. The van der Waals surface area contributed by atoms with Gasteiger partial charge in [0.25, 0.3) is 0 Å². The van der Waals surface area contributed by atoms with Gasteiger partial charge in [-0.1, -0.05) is 6.42 Å². The highest BCUT2D eigenvalue weighted by molar-refractivity contribution is 7.09. The summed E-state index contributed by atoms with van der Waals surface area (Å²) in [6, 6.07) is -0.240. The van der Waals surface area contributed by atoms with Gasteiger partial charge in [0.05, 0.1) is 12.6 Å². The van der Waals surface area contributed by atoms with E-state index in [4.69, 9.17) is 0 Å². The minimum Gasteiger partial charge on any atom is -0.348 e. The summed E-state index contributed by atoms with van der Waals surface area (Å²) in [6.07, 6.45) is -1.63. The van der Waals surface area contributed by atoms with Crippen molar-refractivity contribution in [2.75, 3.05) is 6.54 Å². The van der Waals surface area contributed by atoms with Crippen LogP contribution in [0, 0.1) is 0 Å². The van der Waals surface area contributed by atoms with E-state index in [0.29, 0.717) is 0 Å². The number of halogens is 4. The molecule has 2 N–H and O–H groups in total. The molecular formula is C11H15ClF3N3OS. The van der Waals surface area contributed by atoms with Crippen molar-refractivity contribution < 1.29 is 18.0 Å². The number of amides is 1. The van der Waals surface area contributed by atoms with Crippen LogP contribution in [0.5, 0.6) is 0 Å². The topological polar surface area (TPSA) is 54.0 Å². The maximum Gasteiger partial charge on any atom is 0.434 e. The molecule has 0 spiro atoms. The Bertz CT molecular complexity index is 446. The van der Waals surface area contributed by atoms with Gasteiger partial charge in [0.2, 0.25) is 5.91 Å². The second-order valence-electron chi connectivity index (χ2n) is 4.34. The van der Waals surface area contributed by atoms with E-state index in [1.807, 2.05) is 0 Å². The zero-order valence-corrected chi connectivity index (χ0v) is 12.1. The van der Waals surface area contributed by atoms with Gasteiger partial charge in [0.1, 0.15) is 5.01 Å². The fraction of sp³-hybridized carbons (Fsp3) is 0.636. The summed E-state index contributed by atoms with van der Waals surface area (Å²) >= 11 is 0.899. The molecule has 1 aliphatic rings. The number of carbonyl (C=O) groups excluding carboxylic acids is 1. The first-order valence-corrected chi connectivity index (χ1v) is 6.87. The molecule has 2 heterocycles. The normalized spacial score (nSPS) is 19.2. The lowest BCUT2D eigenvalue weighted by Gasteiger charge is -2.22. The van der Waals surface area contributed by atoms with E-state index in [0.717, 1.165) is 42.5 Å². The Morgan fingerprint density at radius 2 is 2.25 bits per heavy atom. The van der Waals surface area contributed by atoms with E-state index in [2.05, 4.69) is 15.6 Å². The maximum absolute atomic E-state index is 12.3. The first-order valence-electron chi connectivity index (χ1n) is 5.99. The van der Waals surface area contributed by atoms with E-state index in [1.165, 1.54) is 0 Å². The largest absolute Gasteiger partial charge is 0.434 e. The predicted octanol–water partition coefficient (Wildman–Crippen LogP) is 2.34. The third kappa shape index (κ3) is 4.60. The van der Waals surface area contributed by atoms with Gasteiger partial charge in [0, 0.05) is 5.38 Å². The third-order valence-electron chi connectivity index (χ3n) is 2.88. The lowest BCUT2D eigenvalue weighted by molar-refractivity contribution is -0.140. The lowest BCUT2D eigenvalue weighted by atomic mass is 10.0. The van der Waals surface area contributed by atoms with Crippen LogP contribution in [-0.4, -0.2) is 23.5 Å². The number of hydrogen-bond acceptors (Lipinski definition) is 4. The summed E-state index contributed by atoms with van der Waals surface area (Å²) < 4.78 is 37.0. The molecule has 1 saturated heterocycles. The molecule has 20 heavy (non-hydrogen) atoms. The highest BCUT2D eigenvalue weighted by Crippen LogP contribution is 2.29. The van der Waals surface area contributed by atoms with Crippen molar-refractivity contribution in [3.8, 4) is 0 Å². The first-order chi connectivity index (χ1) is 8.97. The number of hydrogen-bond donors (Lipinski definition) is 2. The second kappa shape index (κ2) is 7.24. The van der Waals surface area contributed by atoms with E-state index in [9.17, 15) is 18.0 Å². The first kappa shape index (κ1) is 17.2. The van der Waals surface area contributed by atoms with Gasteiger partial charge in [-0.2, -0.15) is 13.2 Å². The fourth-order valence-corrected chi connectivity index (χ4v) is 2.62. The third-order valence-corrected chi connectivity index (χ3v) is 3.73. The van der Waals surface area contributed by atoms with Crippen molar-refractivity contribution in [3.63, 3.8) is 0 Å². The van der Waals surface area contributed by atoms with Crippen LogP contribution in [0.25, 0.3) is 0 Å². The van der Waals surface area contributed by atoms with E-state index < -0.39 is 11.9 Å². The number of piperidine rings is 1. The van der Waals surface area contributed by atoms with Crippen LogP contribution in [-0.2, 0) is 17.5 Å². The highest BCUT2D eigenvalue weighted by atomic mass is 35.5. The smallest absolute Gasteiger partial charge is 0.348 e. The van der Waals surface area contributed by atoms with E-state index >= 15 is 0 Å². The average Bonchev–Trinajstić information content (AvgIpc) is 2.86. The van der Waals surface area contributed by atoms with Gasteiger partial charge < -0.3 is 10.6 Å². The molecule has 1 aromatic rings. The average molecular weight is 330 g/mol. The van der Waals surface area contributed by atoms with Gasteiger partial charge >= 0.3 is 6.18 Å². The van der Waals surface area contributed by atoms with Gasteiger partial charge in [0.15, 0.2) is 5.69 Å². The molecule has 0 aliphatic carbocycles. The van der Waals surface area contributed by atoms with Crippen LogP contribution in [0.3, 0.4) is 0 Å². The maximum atomic E-state index is 12.3. The summed E-state index contributed by atoms with van der Waals surface area (Å²) in [5.74, 6) is -0.177. The van der Waals surface area contributed by atoms with Crippen molar-refractivity contribution in [2.24, 2.45) is 0 Å². The van der Waals surface area contributed by atoms with Crippen molar-refractivity contribution in [3.05, 3.63) is 16.1 Å². The van der Waals surface area contributed by atoms with Crippen molar-refractivity contribution in [1.82, 2.24) is 15.6 Å². The number of nitrogens with zero attached hydrogens (tertiary/aromatic N) is 1. The summed E-state index contributed by atoms with van der Waals surface area (Å²) in [7, 11) is 0. The van der Waals surface area contributed by atoms with Crippen LogP contribution in [0.4, 0.5) is 13.2 Å². The van der Waals surface area contributed by atoms with Crippen LogP contribution in [0.15, 0.2) is 5.38 Å². The molecule has 1 atom stereocenters. The number of rotatable bonds is 3. The number of thiazole rings is 1. The standard InChI is InChI=1S/C11H14F3N3OS.ClH/c12-11(13,14)8-6-19-9(17-8)5-16-10(18)7-3-1-2-4-15-7;/h6-7,15H,1-5H2,(H,16,18);1H. The fourth-order valence-electron chi connectivity index (χ4n) is 1.88. The molecule has 2 rings (SSSR count). The Morgan fingerprint density at radius 3 is 2.80 bits per heavy atom. The van der Waals surface area contributed by atoms with Crippen LogP contribution in [0.1, 0.15) is 30.0 Å². The monoisotopic (exact) mass is 329 g/mol. The minimum atomic E-state index is -4.43. The minimum absolute atomic E-state index is 0. The second-order valence-corrected chi connectivity index (χ2v) is 5.29. The van der Waals surface area contributed by atoms with Gasteiger partial charge in [-0.15, -0.1) is 23.7 Å². The van der Waals surface area contributed by atoms with Gasteiger partial charge in [-0.3, -0.25) is 4.79 Å². The van der Waals surface area contributed by atoms with Crippen molar-refractivity contribution in [1.29, 1.82) is 0 Å². The van der Waals surface area contributed by atoms with Crippen molar-refractivity contribution >= 4 is 29.7 Å². The molecule has 0 saturated carbocycles. The molecule has 0 aromatic carbocycles. The lowest BCUT2D eigenvalue weighted by Crippen LogP contribution is -2.46. The Hall–Kier alpha value is -0.860. The van der Waals surface area contributed by atoms with E-state index in [-0.39, 0.29) is 35.9 Å². The van der Waals surface area contributed by atoms with Crippen LogP contribution < -0.4 is 10.6 Å². The van der Waals surface area contributed by atoms with Gasteiger partial charge in [-0.05, 0) is 19.4 Å². The SMILES string of the molecule is Cl.O=C(NCc1nc(C(F)(F)F)cs1)C1CCCCN1. The van der Waals surface area contributed by atoms with Crippen LogP contribution in [0.2, 0.25) is 0 Å². The molecule has 1 fully saturated rings. The molecule has 1 aromatic heterocycles. The van der Waals surface area contributed by atoms with Crippen LogP contribution >= 0.6 is 23.7 Å². The molecule has 1 unspecified atom stereocenters. The molecule has 114 valence electrons. The number of nitrogens with one attached hydrogen (secondary N) is 2. The number of alkyl halides is 3. The molecule has 4 nitrogen and oxygen atoms in total. The summed E-state index contributed by atoms with van der Waals surface area (Å²) in [5, 5.41) is 6.91. The Morgan fingerprint density at radius 1 is 1.50 bits per heavy atom. The van der Waals surface area contributed by atoms with Gasteiger partial charge in [-0.25, -0.2) is 4.98 Å². The Labute approximate surface area is 124 Å². The Kier molecular flexibility index (Phi) is 6.22. The molecule has 0 bridgehead atoms. The molecule has 9 heteroatoms. The zero-order chi connectivity index (χ0) is 13.9. The zero-order valence-electron chi connectivity index (χ0n) is 10.5. The molecule has 1 aliphatic heterocycles. The Balaban J connectivity index is 0.00000200. The summed E-state index contributed by atoms with van der Waals surface area (Å²) in [4.78, 5) is 15.2. The molecule has 0 radical (unpaired) electrons. The highest BCUT2D eigenvalue weighted by Gasteiger charge is 2.33. The number of carbonyl (C=O) groups is 1.